The third-order valence-electron chi connectivity index (χ3n) is 3.37. The van der Waals surface area contributed by atoms with Gasteiger partial charge in [-0.1, -0.05) is 17.7 Å². The van der Waals surface area contributed by atoms with Gasteiger partial charge >= 0.3 is 0 Å². The van der Waals surface area contributed by atoms with Crippen LogP contribution in [0.2, 0.25) is 5.28 Å². The predicted molar refractivity (Wildman–Crippen MR) is 100 cm³/mol. The quantitative estimate of drug-likeness (QED) is 0.424. The van der Waals surface area contributed by atoms with E-state index >= 15 is 0 Å². The number of aryl methyl sites for hydroxylation is 1. The molecular weight excluding hydrogens is 465 g/mol. The van der Waals surface area contributed by atoms with E-state index in [0.29, 0.717) is 15.6 Å². The zero-order valence-corrected chi connectivity index (χ0v) is 16.6. The van der Waals surface area contributed by atoms with Crippen molar-refractivity contribution in [3.8, 4) is 5.88 Å². The molecule has 2 heterocycles. The average Bonchev–Trinajstić information content (AvgIpc) is 2.85. The molecule has 3 rings (SSSR count). The third-order valence-corrected chi connectivity index (χ3v) is 6.02. The molecular formula is C15H13ClIN3O3S. The van der Waals surface area contributed by atoms with Gasteiger partial charge in [0.15, 0.2) is 5.65 Å². The first-order valence-electron chi connectivity index (χ1n) is 7.03. The molecule has 9 heteroatoms. The number of nitrogens with zero attached hydrogens (tertiary/aromatic N) is 3. The summed E-state index contributed by atoms with van der Waals surface area (Å²) in [6.45, 7) is 4.09. The van der Waals surface area contributed by atoms with E-state index in [1.165, 1.54) is 6.20 Å². The van der Waals surface area contributed by atoms with E-state index in [4.69, 9.17) is 16.3 Å². The first kappa shape index (κ1) is 17.4. The first-order chi connectivity index (χ1) is 11.3. The summed E-state index contributed by atoms with van der Waals surface area (Å²) < 4.78 is 33.2. The molecule has 1 aromatic carbocycles. The van der Waals surface area contributed by atoms with Crippen molar-refractivity contribution in [2.45, 2.75) is 18.7 Å². The van der Waals surface area contributed by atoms with E-state index in [0.717, 1.165) is 9.54 Å². The Hall–Kier alpha value is -1.39. The fraction of sp³-hybridized carbons (Fsp3) is 0.200. The summed E-state index contributed by atoms with van der Waals surface area (Å²) in [6, 6.07) is 6.62. The summed E-state index contributed by atoms with van der Waals surface area (Å²) in [6.07, 6.45) is 1.49. The number of fused-ring (bicyclic) bond motifs is 1. The highest BCUT2D eigenvalue weighted by Gasteiger charge is 2.24. The van der Waals surface area contributed by atoms with Crippen molar-refractivity contribution in [1.82, 2.24) is 13.9 Å². The molecule has 0 fully saturated rings. The van der Waals surface area contributed by atoms with E-state index in [1.54, 1.807) is 24.3 Å². The largest absolute Gasteiger partial charge is 0.477 e. The van der Waals surface area contributed by atoms with Crippen molar-refractivity contribution >= 4 is 55.2 Å². The van der Waals surface area contributed by atoms with Gasteiger partial charge in [0.2, 0.25) is 11.2 Å². The van der Waals surface area contributed by atoms with Crippen molar-refractivity contribution < 1.29 is 13.2 Å². The van der Waals surface area contributed by atoms with Crippen molar-refractivity contribution in [1.29, 1.82) is 0 Å². The highest BCUT2D eigenvalue weighted by molar-refractivity contribution is 14.1. The number of hydrogen-bond donors (Lipinski definition) is 0. The van der Waals surface area contributed by atoms with Crippen molar-refractivity contribution in [2.75, 3.05) is 6.61 Å². The minimum atomic E-state index is -3.80. The smallest absolute Gasteiger partial charge is 0.269 e. The lowest BCUT2D eigenvalue weighted by atomic mass is 10.2. The summed E-state index contributed by atoms with van der Waals surface area (Å²) in [5, 5.41) is 0.457. The van der Waals surface area contributed by atoms with E-state index in [2.05, 4.69) is 9.97 Å². The van der Waals surface area contributed by atoms with Crippen LogP contribution in [0.1, 0.15) is 12.5 Å². The van der Waals surface area contributed by atoms with Crippen LogP contribution >= 0.6 is 34.2 Å². The summed E-state index contributed by atoms with van der Waals surface area (Å²) in [5.41, 5.74) is 1.17. The predicted octanol–water partition coefficient (Wildman–Crippen LogP) is 3.63. The summed E-state index contributed by atoms with van der Waals surface area (Å²) in [7, 11) is -3.80. The van der Waals surface area contributed by atoms with Gasteiger partial charge in [-0.25, -0.2) is 12.4 Å². The number of hydrogen-bond acceptors (Lipinski definition) is 5. The highest BCUT2D eigenvalue weighted by Crippen LogP contribution is 2.32. The van der Waals surface area contributed by atoms with Gasteiger partial charge in [-0.05, 0) is 60.2 Å². The Bertz CT molecular complexity index is 1020. The van der Waals surface area contributed by atoms with Gasteiger partial charge in [0.05, 0.1) is 16.9 Å². The number of aromatic nitrogens is 3. The van der Waals surface area contributed by atoms with Gasteiger partial charge in [0.25, 0.3) is 10.0 Å². The molecule has 0 N–H and O–H groups in total. The average molecular weight is 478 g/mol. The van der Waals surface area contributed by atoms with Crippen LogP contribution in [0.25, 0.3) is 11.0 Å². The summed E-state index contributed by atoms with van der Waals surface area (Å²) in [5.74, 6) is 0.273. The second kappa shape index (κ2) is 6.49. The molecule has 0 radical (unpaired) electrons. The minimum absolute atomic E-state index is 0.0687. The highest BCUT2D eigenvalue weighted by atomic mass is 127. The lowest BCUT2D eigenvalue weighted by molar-refractivity contribution is 0.331. The Morgan fingerprint density at radius 3 is 2.54 bits per heavy atom. The van der Waals surface area contributed by atoms with Crippen molar-refractivity contribution in [3.05, 3.63) is 44.9 Å². The molecule has 24 heavy (non-hydrogen) atoms. The summed E-state index contributed by atoms with van der Waals surface area (Å²) in [4.78, 5) is 8.33. The Morgan fingerprint density at radius 2 is 1.92 bits per heavy atom. The van der Waals surface area contributed by atoms with Crippen LogP contribution in [0.4, 0.5) is 0 Å². The molecule has 0 amide bonds. The third kappa shape index (κ3) is 2.98. The lowest BCUT2D eigenvalue weighted by Gasteiger charge is -2.08. The van der Waals surface area contributed by atoms with E-state index in [-0.39, 0.29) is 21.7 Å². The molecule has 0 bridgehead atoms. The molecule has 0 aliphatic rings. The molecule has 2 aromatic heterocycles. The van der Waals surface area contributed by atoms with Crippen LogP contribution in [-0.2, 0) is 10.0 Å². The zero-order chi connectivity index (χ0) is 17.5. The first-order valence-corrected chi connectivity index (χ1v) is 9.93. The molecule has 0 atom stereocenters. The van der Waals surface area contributed by atoms with Gasteiger partial charge < -0.3 is 4.74 Å². The van der Waals surface area contributed by atoms with Crippen LogP contribution < -0.4 is 4.74 Å². The van der Waals surface area contributed by atoms with E-state index in [9.17, 15) is 8.42 Å². The molecule has 6 nitrogen and oxygen atoms in total. The SMILES string of the molecule is CCOc1nc(Cl)nc2c1c(I)cn2S(=O)(=O)c1ccc(C)cc1. The minimum Gasteiger partial charge on any atom is -0.477 e. The van der Waals surface area contributed by atoms with Gasteiger partial charge in [0.1, 0.15) is 0 Å². The maximum atomic E-state index is 13.0. The van der Waals surface area contributed by atoms with E-state index in [1.807, 2.05) is 36.4 Å². The molecule has 126 valence electrons. The van der Waals surface area contributed by atoms with Crippen LogP contribution in [0.5, 0.6) is 5.88 Å². The van der Waals surface area contributed by atoms with Gasteiger partial charge in [-0.3, -0.25) is 0 Å². The van der Waals surface area contributed by atoms with Gasteiger partial charge in [0, 0.05) is 9.77 Å². The lowest BCUT2D eigenvalue weighted by Crippen LogP contribution is -2.12. The molecule has 0 saturated heterocycles. The summed E-state index contributed by atoms with van der Waals surface area (Å²) >= 11 is 7.98. The fourth-order valence-corrected chi connectivity index (χ4v) is 4.66. The molecule has 0 spiro atoms. The topological polar surface area (TPSA) is 74.1 Å². The molecule has 0 saturated carbocycles. The standard InChI is InChI=1S/C15H13ClIN3O3S/c1-3-23-14-12-11(17)8-20(13(12)18-15(16)19-14)24(21,22)10-6-4-9(2)5-7-10/h4-8H,3H2,1-2H3. The van der Waals surface area contributed by atoms with Crippen LogP contribution in [0, 0.1) is 10.5 Å². The molecule has 0 aliphatic carbocycles. The maximum absolute atomic E-state index is 13.0. The number of rotatable bonds is 4. The maximum Gasteiger partial charge on any atom is 0.269 e. The van der Waals surface area contributed by atoms with Gasteiger partial charge in [-0.2, -0.15) is 9.97 Å². The Kier molecular flexibility index (Phi) is 4.71. The van der Waals surface area contributed by atoms with Crippen molar-refractivity contribution in [3.63, 3.8) is 0 Å². The van der Waals surface area contributed by atoms with E-state index < -0.39 is 10.0 Å². The molecule has 3 aromatic rings. The zero-order valence-electron chi connectivity index (χ0n) is 12.8. The van der Waals surface area contributed by atoms with Gasteiger partial charge in [-0.15, -0.1) is 0 Å². The van der Waals surface area contributed by atoms with Crippen molar-refractivity contribution in [2.24, 2.45) is 0 Å². The van der Waals surface area contributed by atoms with Crippen LogP contribution in [0.15, 0.2) is 35.4 Å². The second-order valence-electron chi connectivity index (χ2n) is 5.02. The number of halogens is 2. The molecule has 0 aliphatic heterocycles. The fourth-order valence-electron chi connectivity index (χ4n) is 2.25. The molecule has 0 unspecified atom stereocenters. The second-order valence-corrected chi connectivity index (χ2v) is 8.34. The Balaban J connectivity index is 2.29. The normalized spacial score (nSPS) is 11.8. The monoisotopic (exact) mass is 477 g/mol. The number of benzene rings is 1. The Morgan fingerprint density at radius 1 is 1.25 bits per heavy atom. The number of ether oxygens (including phenoxy) is 1. The van der Waals surface area contributed by atoms with Crippen LogP contribution in [0.3, 0.4) is 0 Å². The Labute approximate surface area is 158 Å². The van der Waals surface area contributed by atoms with Crippen LogP contribution in [-0.4, -0.2) is 29.0 Å².